The average Bonchev–Trinajstić information content (AvgIpc) is 3.08. The van der Waals surface area contributed by atoms with Gasteiger partial charge in [-0.25, -0.2) is 14.4 Å². The first-order valence-electron chi connectivity index (χ1n) is 9.50. The summed E-state index contributed by atoms with van der Waals surface area (Å²) in [7, 11) is 0. The van der Waals surface area contributed by atoms with Gasteiger partial charge in [0.2, 0.25) is 0 Å². The summed E-state index contributed by atoms with van der Waals surface area (Å²) in [5.41, 5.74) is 3.45. The van der Waals surface area contributed by atoms with Crippen LogP contribution in [0.5, 0.6) is 0 Å². The molecule has 1 aliphatic heterocycles. The summed E-state index contributed by atoms with van der Waals surface area (Å²) >= 11 is 1.73. The second-order valence-electron chi connectivity index (χ2n) is 7.08. The molecule has 1 fully saturated rings. The molecule has 4 rings (SSSR count). The molecule has 0 unspecified atom stereocenters. The summed E-state index contributed by atoms with van der Waals surface area (Å²) in [6.45, 7) is 4.78. The van der Waals surface area contributed by atoms with E-state index in [-0.39, 0.29) is 5.82 Å². The fraction of sp³-hybridized carbons (Fsp3) is 0.429. The van der Waals surface area contributed by atoms with Crippen LogP contribution in [-0.2, 0) is 11.2 Å². The van der Waals surface area contributed by atoms with Gasteiger partial charge in [-0.05, 0) is 61.2 Å². The Bertz CT molecular complexity index is 888. The Balaban J connectivity index is 1.24. The molecule has 3 heterocycles. The molecule has 27 heavy (non-hydrogen) atoms. The van der Waals surface area contributed by atoms with Gasteiger partial charge in [0.05, 0.1) is 16.3 Å². The molecule has 2 aromatic heterocycles. The highest BCUT2D eigenvalue weighted by atomic mass is 32.1. The molecular formula is C21H24FN3OS. The Morgan fingerprint density at radius 2 is 1.96 bits per heavy atom. The fourth-order valence-corrected chi connectivity index (χ4v) is 4.61. The fourth-order valence-electron chi connectivity index (χ4n) is 3.59. The molecule has 4 nitrogen and oxygen atoms in total. The third-order valence-corrected chi connectivity index (χ3v) is 6.21. The molecule has 0 N–H and O–H groups in total. The molecule has 0 atom stereocenters. The van der Waals surface area contributed by atoms with E-state index in [1.165, 1.54) is 22.4 Å². The number of hydrogen-bond donors (Lipinski definition) is 0. The van der Waals surface area contributed by atoms with Crippen molar-refractivity contribution in [3.05, 3.63) is 52.9 Å². The number of hydrogen-bond acceptors (Lipinski definition) is 5. The Morgan fingerprint density at radius 1 is 1.19 bits per heavy atom. The molecule has 0 bridgehead atoms. The van der Waals surface area contributed by atoms with E-state index >= 15 is 0 Å². The van der Waals surface area contributed by atoms with Crippen LogP contribution in [0.4, 0.5) is 10.2 Å². The number of benzene rings is 1. The van der Waals surface area contributed by atoms with Gasteiger partial charge in [-0.2, -0.15) is 0 Å². The first-order chi connectivity index (χ1) is 13.2. The summed E-state index contributed by atoms with van der Waals surface area (Å²) in [6.07, 6.45) is 5.92. The molecule has 0 amide bonds. The molecule has 1 aliphatic rings. The molecule has 3 aromatic rings. The number of anilines is 1. The smallest absolute Gasteiger partial charge is 0.150 e. The quantitative estimate of drug-likeness (QED) is 0.574. The lowest BCUT2D eigenvalue weighted by molar-refractivity contribution is 0.0358. The number of piperidine rings is 1. The lowest BCUT2D eigenvalue weighted by Crippen LogP contribution is -2.37. The number of rotatable bonds is 6. The van der Waals surface area contributed by atoms with Crippen molar-refractivity contribution < 1.29 is 9.13 Å². The standard InChI is InChI=1S/C21H24FN3OS/c1-15-13-27-20-19(15)23-14-24-21(20)25-10-8-18(9-11-25)26-12-2-3-16-4-6-17(22)7-5-16/h4-7,13-14,18H,2-3,8-12H2,1H3. The SMILES string of the molecule is Cc1csc2c(N3CCC(OCCCc4ccc(F)cc4)CC3)ncnc12. The number of ether oxygens (including phenoxy) is 1. The van der Waals surface area contributed by atoms with Crippen LogP contribution < -0.4 is 4.90 Å². The van der Waals surface area contributed by atoms with E-state index in [4.69, 9.17) is 4.74 Å². The van der Waals surface area contributed by atoms with Gasteiger partial charge in [0.15, 0.2) is 0 Å². The van der Waals surface area contributed by atoms with E-state index in [1.54, 1.807) is 17.7 Å². The van der Waals surface area contributed by atoms with Crippen molar-refractivity contribution in [2.24, 2.45) is 0 Å². The largest absolute Gasteiger partial charge is 0.378 e. The Hall–Kier alpha value is -2.05. The summed E-state index contributed by atoms with van der Waals surface area (Å²) in [5, 5.41) is 2.15. The maximum Gasteiger partial charge on any atom is 0.150 e. The lowest BCUT2D eigenvalue weighted by Gasteiger charge is -2.32. The predicted octanol–water partition coefficient (Wildman–Crippen LogP) is 4.76. The highest BCUT2D eigenvalue weighted by Gasteiger charge is 2.22. The Kier molecular flexibility index (Phi) is 5.64. The van der Waals surface area contributed by atoms with Crippen LogP contribution in [0.1, 0.15) is 30.4 Å². The molecule has 1 aromatic carbocycles. The summed E-state index contributed by atoms with van der Waals surface area (Å²) in [5.74, 6) is 0.883. The van der Waals surface area contributed by atoms with Crippen molar-refractivity contribution in [3.8, 4) is 0 Å². The minimum atomic E-state index is -0.180. The van der Waals surface area contributed by atoms with Crippen molar-refractivity contribution in [2.75, 3.05) is 24.6 Å². The summed E-state index contributed by atoms with van der Waals surface area (Å²) in [6, 6.07) is 6.74. The number of halogens is 1. The molecule has 6 heteroatoms. The average molecular weight is 386 g/mol. The molecule has 0 spiro atoms. The predicted molar refractivity (Wildman–Crippen MR) is 108 cm³/mol. The zero-order chi connectivity index (χ0) is 18.6. The zero-order valence-electron chi connectivity index (χ0n) is 15.5. The van der Waals surface area contributed by atoms with Crippen molar-refractivity contribution >= 4 is 27.4 Å². The summed E-state index contributed by atoms with van der Waals surface area (Å²) < 4.78 is 20.2. The number of thiophene rings is 1. The maximum absolute atomic E-state index is 12.9. The van der Waals surface area contributed by atoms with Gasteiger partial charge < -0.3 is 9.64 Å². The van der Waals surface area contributed by atoms with E-state index in [2.05, 4.69) is 27.2 Å². The van der Waals surface area contributed by atoms with Gasteiger partial charge in [-0.1, -0.05) is 12.1 Å². The molecule has 1 saturated heterocycles. The third kappa shape index (κ3) is 4.28. The monoisotopic (exact) mass is 385 g/mol. The number of nitrogens with zero attached hydrogens (tertiary/aromatic N) is 3. The first kappa shape index (κ1) is 18.3. The topological polar surface area (TPSA) is 38.2 Å². The number of fused-ring (bicyclic) bond motifs is 1. The van der Waals surface area contributed by atoms with Gasteiger partial charge in [0.1, 0.15) is 18.0 Å². The van der Waals surface area contributed by atoms with Crippen molar-refractivity contribution in [1.29, 1.82) is 0 Å². The van der Waals surface area contributed by atoms with Gasteiger partial charge in [-0.3, -0.25) is 0 Å². The molecule has 0 radical (unpaired) electrons. The number of aromatic nitrogens is 2. The van der Waals surface area contributed by atoms with Crippen LogP contribution in [0.2, 0.25) is 0 Å². The van der Waals surface area contributed by atoms with Crippen LogP contribution in [-0.4, -0.2) is 35.8 Å². The molecule has 142 valence electrons. The Labute approximate surface area is 163 Å². The van der Waals surface area contributed by atoms with Crippen molar-refractivity contribution in [1.82, 2.24) is 9.97 Å². The third-order valence-electron chi connectivity index (χ3n) is 5.13. The highest BCUT2D eigenvalue weighted by molar-refractivity contribution is 7.18. The van der Waals surface area contributed by atoms with Gasteiger partial charge in [0.25, 0.3) is 0 Å². The van der Waals surface area contributed by atoms with E-state index in [0.717, 1.165) is 62.3 Å². The van der Waals surface area contributed by atoms with Crippen LogP contribution in [0.25, 0.3) is 10.2 Å². The van der Waals surface area contributed by atoms with Crippen molar-refractivity contribution in [3.63, 3.8) is 0 Å². The lowest BCUT2D eigenvalue weighted by atomic mass is 10.1. The minimum absolute atomic E-state index is 0.180. The van der Waals surface area contributed by atoms with E-state index in [9.17, 15) is 4.39 Å². The first-order valence-corrected chi connectivity index (χ1v) is 10.4. The van der Waals surface area contributed by atoms with E-state index in [1.807, 2.05) is 12.1 Å². The number of aryl methyl sites for hydroxylation is 2. The van der Waals surface area contributed by atoms with Crippen molar-refractivity contribution in [2.45, 2.75) is 38.7 Å². The molecule has 0 saturated carbocycles. The normalized spacial score (nSPS) is 15.6. The minimum Gasteiger partial charge on any atom is -0.378 e. The van der Waals surface area contributed by atoms with E-state index < -0.39 is 0 Å². The molecule has 0 aliphatic carbocycles. The maximum atomic E-state index is 12.9. The second kappa shape index (κ2) is 8.31. The van der Waals surface area contributed by atoms with Gasteiger partial charge in [-0.15, -0.1) is 11.3 Å². The second-order valence-corrected chi connectivity index (χ2v) is 7.96. The van der Waals surface area contributed by atoms with Crippen LogP contribution in [0.15, 0.2) is 36.0 Å². The van der Waals surface area contributed by atoms with Gasteiger partial charge >= 0.3 is 0 Å². The van der Waals surface area contributed by atoms with E-state index in [0.29, 0.717) is 6.10 Å². The zero-order valence-corrected chi connectivity index (χ0v) is 16.3. The van der Waals surface area contributed by atoms with Crippen LogP contribution in [0.3, 0.4) is 0 Å². The van der Waals surface area contributed by atoms with Crippen LogP contribution in [0, 0.1) is 12.7 Å². The summed E-state index contributed by atoms with van der Waals surface area (Å²) in [4.78, 5) is 11.3. The highest BCUT2D eigenvalue weighted by Crippen LogP contribution is 2.32. The van der Waals surface area contributed by atoms with Gasteiger partial charge in [0, 0.05) is 19.7 Å². The van der Waals surface area contributed by atoms with Crippen LogP contribution >= 0.6 is 11.3 Å². The molecular weight excluding hydrogens is 361 g/mol. The Morgan fingerprint density at radius 3 is 2.74 bits per heavy atom.